The summed E-state index contributed by atoms with van der Waals surface area (Å²) < 4.78 is 5.81. The molecule has 3 nitrogen and oxygen atoms in total. The second kappa shape index (κ2) is 7.16. The van der Waals surface area contributed by atoms with E-state index in [0.29, 0.717) is 6.61 Å². The number of ether oxygens (including phenoxy) is 1. The van der Waals surface area contributed by atoms with Crippen LogP contribution in [-0.2, 0) is 19.6 Å². The van der Waals surface area contributed by atoms with E-state index < -0.39 is 0 Å². The van der Waals surface area contributed by atoms with Crippen LogP contribution in [0.15, 0.2) is 60.8 Å². The molecule has 0 amide bonds. The van der Waals surface area contributed by atoms with E-state index in [-0.39, 0.29) is 6.61 Å². The summed E-state index contributed by atoms with van der Waals surface area (Å²) in [6, 6.07) is 18.1. The normalized spacial score (nSPS) is 10.7. The van der Waals surface area contributed by atoms with Gasteiger partial charge in [-0.05, 0) is 47.4 Å². The van der Waals surface area contributed by atoms with Crippen LogP contribution in [0.2, 0.25) is 0 Å². The van der Waals surface area contributed by atoms with E-state index in [9.17, 15) is 5.11 Å². The number of aliphatic hydroxyl groups excluding tert-OH is 1. The van der Waals surface area contributed by atoms with Crippen molar-refractivity contribution in [3.8, 4) is 17.0 Å². The van der Waals surface area contributed by atoms with Gasteiger partial charge in [-0.15, -0.1) is 0 Å². The lowest BCUT2D eigenvalue weighted by Gasteiger charge is -2.08. The van der Waals surface area contributed by atoms with Crippen LogP contribution in [0.25, 0.3) is 11.3 Å². The SMILES string of the molecule is CCc1c[nH]c(-c2ccc(OCc3ccccc3)cc2)c1CO. The van der Waals surface area contributed by atoms with Crippen LogP contribution >= 0.6 is 0 Å². The predicted octanol–water partition coefficient (Wildman–Crippen LogP) is 4.32. The summed E-state index contributed by atoms with van der Waals surface area (Å²) in [7, 11) is 0. The van der Waals surface area contributed by atoms with Crippen molar-refractivity contribution in [3.05, 3.63) is 77.5 Å². The minimum absolute atomic E-state index is 0.0499. The summed E-state index contributed by atoms with van der Waals surface area (Å²) in [4.78, 5) is 3.27. The molecule has 3 rings (SSSR count). The van der Waals surface area contributed by atoms with Crippen molar-refractivity contribution in [3.63, 3.8) is 0 Å². The molecule has 0 atom stereocenters. The summed E-state index contributed by atoms with van der Waals surface area (Å²) in [5.74, 6) is 0.838. The van der Waals surface area contributed by atoms with Crippen molar-refractivity contribution in [1.82, 2.24) is 4.98 Å². The fourth-order valence-electron chi connectivity index (χ4n) is 2.71. The summed E-state index contributed by atoms with van der Waals surface area (Å²) >= 11 is 0. The van der Waals surface area contributed by atoms with Crippen molar-refractivity contribution >= 4 is 0 Å². The third-order valence-electron chi connectivity index (χ3n) is 4.01. The first-order chi connectivity index (χ1) is 11.3. The Morgan fingerprint density at radius 2 is 1.74 bits per heavy atom. The number of aromatic nitrogens is 1. The molecule has 0 unspecified atom stereocenters. The van der Waals surface area contributed by atoms with Gasteiger partial charge in [-0.1, -0.05) is 37.3 Å². The Morgan fingerprint density at radius 3 is 2.39 bits per heavy atom. The minimum atomic E-state index is 0.0499. The smallest absolute Gasteiger partial charge is 0.119 e. The molecule has 2 N–H and O–H groups in total. The van der Waals surface area contributed by atoms with Gasteiger partial charge in [-0.25, -0.2) is 0 Å². The summed E-state index contributed by atoms with van der Waals surface area (Å²) in [5, 5.41) is 9.60. The number of aryl methyl sites for hydroxylation is 1. The molecule has 0 spiro atoms. The molecule has 0 saturated carbocycles. The highest BCUT2D eigenvalue weighted by atomic mass is 16.5. The molecule has 23 heavy (non-hydrogen) atoms. The Morgan fingerprint density at radius 1 is 1.00 bits per heavy atom. The number of rotatable bonds is 6. The number of H-pyrrole nitrogens is 1. The van der Waals surface area contributed by atoms with Crippen molar-refractivity contribution in [2.75, 3.05) is 0 Å². The largest absolute Gasteiger partial charge is 0.489 e. The van der Waals surface area contributed by atoms with Crippen molar-refractivity contribution in [1.29, 1.82) is 0 Å². The molecule has 1 aromatic heterocycles. The zero-order chi connectivity index (χ0) is 16.1. The fraction of sp³-hybridized carbons (Fsp3) is 0.200. The van der Waals surface area contributed by atoms with Gasteiger partial charge in [0.15, 0.2) is 0 Å². The lowest BCUT2D eigenvalue weighted by Crippen LogP contribution is -1.95. The number of aliphatic hydroxyl groups is 1. The van der Waals surface area contributed by atoms with Crippen LogP contribution in [0.3, 0.4) is 0 Å². The maximum absolute atomic E-state index is 9.60. The molecule has 0 aliphatic rings. The highest BCUT2D eigenvalue weighted by molar-refractivity contribution is 5.66. The van der Waals surface area contributed by atoms with E-state index in [1.165, 1.54) is 0 Å². The second-order valence-corrected chi connectivity index (χ2v) is 5.48. The first-order valence-electron chi connectivity index (χ1n) is 7.89. The molecule has 0 bridgehead atoms. The van der Waals surface area contributed by atoms with Crippen LogP contribution in [0.4, 0.5) is 0 Å². The van der Waals surface area contributed by atoms with Gasteiger partial charge < -0.3 is 14.8 Å². The zero-order valence-corrected chi connectivity index (χ0v) is 13.3. The monoisotopic (exact) mass is 307 g/mol. The minimum Gasteiger partial charge on any atom is -0.489 e. The lowest BCUT2D eigenvalue weighted by atomic mass is 10.0. The average molecular weight is 307 g/mol. The summed E-state index contributed by atoms with van der Waals surface area (Å²) in [6.07, 6.45) is 2.88. The molecule has 0 aliphatic heterocycles. The van der Waals surface area contributed by atoms with Crippen molar-refractivity contribution < 1.29 is 9.84 Å². The molecule has 0 radical (unpaired) electrons. The number of aromatic amines is 1. The van der Waals surface area contributed by atoms with Crippen LogP contribution in [0, 0.1) is 0 Å². The molecule has 118 valence electrons. The molecule has 0 aliphatic carbocycles. The van der Waals surface area contributed by atoms with E-state index in [4.69, 9.17) is 4.74 Å². The molecule has 2 aromatic carbocycles. The van der Waals surface area contributed by atoms with E-state index in [1.54, 1.807) is 0 Å². The number of benzene rings is 2. The van der Waals surface area contributed by atoms with Gasteiger partial charge in [0.25, 0.3) is 0 Å². The second-order valence-electron chi connectivity index (χ2n) is 5.48. The topological polar surface area (TPSA) is 45.2 Å². The Hall–Kier alpha value is -2.52. The Kier molecular flexibility index (Phi) is 4.79. The van der Waals surface area contributed by atoms with Gasteiger partial charge >= 0.3 is 0 Å². The third-order valence-corrected chi connectivity index (χ3v) is 4.01. The van der Waals surface area contributed by atoms with Crippen LogP contribution in [0.1, 0.15) is 23.6 Å². The highest BCUT2D eigenvalue weighted by Gasteiger charge is 2.11. The van der Waals surface area contributed by atoms with Gasteiger partial charge in [0.2, 0.25) is 0 Å². The van der Waals surface area contributed by atoms with Crippen molar-refractivity contribution in [2.24, 2.45) is 0 Å². The van der Waals surface area contributed by atoms with Crippen LogP contribution in [0.5, 0.6) is 5.75 Å². The van der Waals surface area contributed by atoms with E-state index in [1.807, 2.05) is 60.8 Å². The molecule has 0 fully saturated rings. The fourth-order valence-corrected chi connectivity index (χ4v) is 2.71. The van der Waals surface area contributed by atoms with Gasteiger partial charge in [0.05, 0.1) is 12.3 Å². The number of hydrogen-bond acceptors (Lipinski definition) is 2. The summed E-state index contributed by atoms with van der Waals surface area (Å²) in [5.41, 5.74) is 5.33. The number of hydrogen-bond donors (Lipinski definition) is 2. The molecular weight excluding hydrogens is 286 g/mol. The molecule has 1 heterocycles. The van der Waals surface area contributed by atoms with Crippen molar-refractivity contribution in [2.45, 2.75) is 26.6 Å². The van der Waals surface area contributed by atoms with Gasteiger partial charge in [-0.3, -0.25) is 0 Å². The maximum atomic E-state index is 9.60. The standard InChI is InChI=1S/C20H21NO2/c1-2-16-12-21-20(19(16)13-22)17-8-10-18(11-9-17)23-14-15-6-4-3-5-7-15/h3-12,21-22H,2,13-14H2,1H3. The van der Waals surface area contributed by atoms with E-state index in [2.05, 4.69) is 11.9 Å². The maximum Gasteiger partial charge on any atom is 0.119 e. The molecule has 3 aromatic rings. The number of nitrogens with one attached hydrogen (secondary N) is 1. The molecular formula is C20H21NO2. The first-order valence-corrected chi connectivity index (χ1v) is 7.89. The van der Waals surface area contributed by atoms with E-state index >= 15 is 0 Å². The Balaban J connectivity index is 1.73. The Bertz CT molecular complexity index is 745. The lowest BCUT2D eigenvalue weighted by molar-refractivity contribution is 0.281. The average Bonchev–Trinajstić information content (AvgIpc) is 3.04. The zero-order valence-electron chi connectivity index (χ0n) is 13.3. The van der Waals surface area contributed by atoms with Gasteiger partial charge in [-0.2, -0.15) is 0 Å². The third kappa shape index (κ3) is 3.46. The molecule has 0 saturated heterocycles. The summed E-state index contributed by atoms with van der Waals surface area (Å²) in [6.45, 7) is 2.70. The molecule has 3 heteroatoms. The van der Waals surface area contributed by atoms with Crippen LogP contribution < -0.4 is 4.74 Å². The van der Waals surface area contributed by atoms with Gasteiger partial charge in [0, 0.05) is 11.8 Å². The Labute approximate surface area is 136 Å². The van der Waals surface area contributed by atoms with Crippen LogP contribution in [-0.4, -0.2) is 10.1 Å². The van der Waals surface area contributed by atoms with E-state index in [0.717, 1.165) is 40.1 Å². The first kappa shape index (κ1) is 15.4. The highest BCUT2D eigenvalue weighted by Crippen LogP contribution is 2.27. The van der Waals surface area contributed by atoms with Gasteiger partial charge in [0.1, 0.15) is 12.4 Å². The predicted molar refractivity (Wildman–Crippen MR) is 92.3 cm³/mol. The quantitative estimate of drug-likeness (QED) is 0.712.